The SMILES string of the molecule is CC[C@H](C(=O)NCC(C)C)N(Cc1ccc(Cl)cc1Cl)C(=O)CN(c1ccc(Oc2ccccc2)cc1)S(C)(=O)=O. The molecule has 3 aromatic rings. The first kappa shape index (κ1) is 32.2. The molecular weight excluding hydrogens is 585 g/mol. The third kappa shape index (κ3) is 9.38. The largest absolute Gasteiger partial charge is 0.457 e. The maximum Gasteiger partial charge on any atom is 0.244 e. The van der Waals surface area contributed by atoms with E-state index in [9.17, 15) is 18.0 Å². The predicted octanol–water partition coefficient (Wildman–Crippen LogP) is 6.13. The first-order valence-corrected chi connectivity index (χ1v) is 15.8. The molecule has 11 heteroatoms. The number of rotatable bonds is 13. The van der Waals surface area contributed by atoms with Crippen LogP contribution < -0.4 is 14.4 Å². The number of anilines is 1. The number of carbonyl (C=O) groups excluding carboxylic acids is 2. The Morgan fingerprint density at radius 2 is 1.59 bits per heavy atom. The van der Waals surface area contributed by atoms with Gasteiger partial charge < -0.3 is 15.0 Å². The van der Waals surface area contributed by atoms with E-state index in [0.29, 0.717) is 40.1 Å². The van der Waals surface area contributed by atoms with Gasteiger partial charge in [0.25, 0.3) is 0 Å². The Hall–Kier alpha value is -3.27. The first-order chi connectivity index (χ1) is 19.4. The number of ether oxygens (including phenoxy) is 1. The van der Waals surface area contributed by atoms with Gasteiger partial charge in [0.1, 0.15) is 24.1 Å². The lowest BCUT2D eigenvalue weighted by molar-refractivity contribution is -0.140. The first-order valence-electron chi connectivity index (χ1n) is 13.2. The summed E-state index contributed by atoms with van der Waals surface area (Å²) in [6, 6.07) is 19.6. The quantitative estimate of drug-likeness (QED) is 0.248. The van der Waals surface area contributed by atoms with Gasteiger partial charge in [0.15, 0.2) is 0 Å². The average Bonchev–Trinajstić information content (AvgIpc) is 2.92. The van der Waals surface area contributed by atoms with Crippen LogP contribution in [0.1, 0.15) is 32.8 Å². The highest BCUT2D eigenvalue weighted by Gasteiger charge is 2.32. The number of hydrogen-bond acceptors (Lipinski definition) is 5. The van der Waals surface area contributed by atoms with Gasteiger partial charge in [-0.3, -0.25) is 13.9 Å². The van der Waals surface area contributed by atoms with E-state index in [1.807, 2.05) is 32.0 Å². The minimum absolute atomic E-state index is 0.0100. The Bertz CT molecular complexity index is 1430. The average molecular weight is 621 g/mol. The van der Waals surface area contributed by atoms with Crippen LogP contribution in [0.5, 0.6) is 11.5 Å². The van der Waals surface area contributed by atoms with Crippen LogP contribution in [-0.4, -0.2) is 50.5 Å². The van der Waals surface area contributed by atoms with Crippen molar-refractivity contribution in [3.63, 3.8) is 0 Å². The van der Waals surface area contributed by atoms with Gasteiger partial charge in [-0.15, -0.1) is 0 Å². The number of halogens is 2. The van der Waals surface area contributed by atoms with Crippen molar-refractivity contribution in [2.45, 2.75) is 39.8 Å². The highest BCUT2D eigenvalue weighted by molar-refractivity contribution is 7.92. The smallest absolute Gasteiger partial charge is 0.244 e. The molecule has 0 aliphatic rings. The van der Waals surface area contributed by atoms with Crippen molar-refractivity contribution in [3.05, 3.63) is 88.4 Å². The summed E-state index contributed by atoms with van der Waals surface area (Å²) in [5.41, 5.74) is 0.857. The number of nitrogens with zero attached hydrogens (tertiary/aromatic N) is 2. The molecule has 0 unspecified atom stereocenters. The van der Waals surface area contributed by atoms with Gasteiger partial charge in [-0.2, -0.15) is 0 Å². The Morgan fingerprint density at radius 1 is 0.951 bits per heavy atom. The third-order valence-electron chi connectivity index (χ3n) is 6.21. The highest BCUT2D eigenvalue weighted by atomic mass is 35.5. The van der Waals surface area contributed by atoms with Gasteiger partial charge >= 0.3 is 0 Å². The molecule has 0 spiro atoms. The molecule has 0 saturated carbocycles. The molecule has 0 fully saturated rings. The molecule has 1 N–H and O–H groups in total. The molecule has 0 saturated heterocycles. The standard InChI is InChI=1S/C30H35Cl2N3O5S/c1-5-28(30(37)33-18-21(2)3)34(19-22-11-12-23(31)17-27(22)32)29(36)20-35(41(4,38)39)24-13-15-26(16-14-24)40-25-9-7-6-8-10-25/h6-17,21,28H,5,18-20H2,1-4H3,(H,33,37)/t28-/m1/s1. The fraction of sp³-hybridized carbons (Fsp3) is 0.333. The molecule has 3 aromatic carbocycles. The number of carbonyl (C=O) groups is 2. The number of benzene rings is 3. The summed E-state index contributed by atoms with van der Waals surface area (Å²) < 4.78 is 32.6. The van der Waals surface area contributed by atoms with E-state index < -0.39 is 28.5 Å². The Labute approximate surface area is 252 Å². The zero-order valence-electron chi connectivity index (χ0n) is 23.5. The van der Waals surface area contributed by atoms with E-state index in [2.05, 4.69) is 5.32 Å². The highest BCUT2D eigenvalue weighted by Crippen LogP contribution is 2.27. The Balaban J connectivity index is 1.91. The number of para-hydroxylation sites is 1. The van der Waals surface area contributed by atoms with Crippen molar-refractivity contribution < 1.29 is 22.7 Å². The fourth-order valence-electron chi connectivity index (χ4n) is 4.09. The number of nitrogens with one attached hydrogen (secondary N) is 1. The van der Waals surface area contributed by atoms with Gasteiger partial charge in [0, 0.05) is 23.1 Å². The molecule has 0 heterocycles. The summed E-state index contributed by atoms with van der Waals surface area (Å²) in [5.74, 6) is 0.464. The lowest BCUT2D eigenvalue weighted by Crippen LogP contribution is -2.52. The Morgan fingerprint density at radius 3 is 2.15 bits per heavy atom. The summed E-state index contributed by atoms with van der Waals surface area (Å²) in [4.78, 5) is 28.4. The third-order valence-corrected chi connectivity index (χ3v) is 7.94. The fourth-order valence-corrected chi connectivity index (χ4v) is 5.41. The van der Waals surface area contributed by atoms with Crippen molar-refractivity contribution in [3.8, 4) is 11.5 Å². The second-order valence-electron chi connectivity index (χ2n) is 10.00. The van der Waals surface area contributed by atoms with Crippen LogP contribution in [0.25, 0.3) is 0 Å². The normalized spacial score (nSPS) is 12.1. The van der Waals surface area contributed by atoms with Crippen LogP contribution in [0.3, 0.4) is 0 Å². The maximum atomic E-state index is 13.9. The van der Waals surface area contributed by atoms with E-state index in [1.165, 1.54) is 4.90 Å². The monoisotopic (exact) mass is 619 g/mol. The zero-order chi connectivity index (χ0) is 30.2. The van der Waals surface area contributed by atoms with Crippen molar-refractivity contribution in [1.29, 1.82) is 0 Å². The molecule has 0 aliphatic carbocycles. The molecule has 3 rings (SSSR count). The minimum atomic E-state index is -3.88. The lowest BCUT2D eigenvalue weighted by atomic mass is 10.1. The molecular formula is C30H35Cl2N3O5S. The van der Waals surface area contributed by atoms with E-state index >= 15 is 0 Å². The number of hydrogen-bond donors (Lipinski definition) is 1. The van der Waals surface area contributed by atoms with E-state index in [0.717, 1.165) is 10.6 Å². The predicted molar refractivity (Wildman–Crippen MR) is 164 cm³/mol. The van der Waals surface area contributed by atoms with Crippen LogP contribution in [0.4, 0.5) is 5.69 Å². The van der Waals surface area contributed by atoms with Gasteiger partial charge in [-0.05, 0) is 66.4 Å². The topological polar surface area (TPSA) is 96.0 Å². The van der Waals surface area contributed by atoms with Crippen LogP contribution in [0, 0.1) is 5.92 Å². The molecule has 0 radical (unpaired) electrons. The molecule has 220 valence electrons. The van der Waals surface area contributed by atoms with Gasteiger partial charge in [-0.25, -0.2) is 8.42 Å². The molecule has 1 atom stereocenters. The molecule has 0 aromatic heterocycles. The van der Waals surface area contributed by atoms with Crippen LogP contribution >= 0.6 is 23.2 Å². The summed E-state index contributed by atoms with van der Waals surface area (Å²) >= 11 is 12.5. The molecule has 41 heavy (non-hydrogen) atoms. The van der Waals surface area contributed by atoms with Crippen LogP contribution in [0.15, 0.2) is 72.8 Å². The molecule has 2 amide bonds. The Kier molecular flexibility index (Phi) is 11.5. The zero-order valence-corrected chi connectivity index (χ0v) is 25.8. The van der Waals surface area contributed by atoms with E-state index in [1.54, 1.807) is 61.5 Å². The molecule has 8 nitrogen and oxygen atoms in total. The number of sulfonamides is 1. The van der Waals surface area contributed by atoms with Crippen LogP contribution in [-0.2, 0) is 26.2 Å². The minimum Gasteiger partial charge on any atom is -0.457 e. The van der Waals surface area contributed by atoms with Crippen molar-refractivity contribution in [2.75, 3.05) is 23.7 Å². The van der Waals surface area contributed by atoms with Crippen molar-refractivity contribution in [1.82, 2.24) is 10.2 Å². The van der Waals surface area contributed by atoms with Gasteiger partial charge in [0.05, 0.1) is 11.9 Å². The van der Waals surface area contributed by atoms with Gasteiger partial charge in [0.2, 0.25) is 21.8 Å². The van der Waals surface area contributed by atoms with E-state index in [-0.39, 0.29) is 24.1 Å². The van der Waals surface area contributed by atoms with Crippen LogP contribution in [0.2, 0.25) is 10.0 Å². The second-order valence-corrected chi connectivity index (χ2v) is 12.7. The second kappa shape index (κ2) is 14.6. The molecule has 0 aliphatic heterocycles. The number of amides is 2. The summed E-state index contributed by atoms with van der Waals surface area (Å²) in [7, 11) is -3.88. The van der Waals surface area contributed by atoms with Crippen molar-refractivity contribution in [2.24, 2.45) is 5.92 Å². The van der Waals surface area contributed by atoms with E-state index in [4.69, 9.17) is 27.9 Å². The maximum absolute atomic E-state index is 13.9. The lowest BCUT2D eigenvalue weighted by Gasteiger charge is -2.33. The van der Waals surface area contributed by atoms with Gasteiger partial charge in [-0.1, -0.05) is 68.2 Å². The molecule has 0 bridgehead atoms. The summed E-state index contributed by atoms with van der Waals surface area (Å²) in [6.07, 6.45) is 1.34. The summed E-state index contributed by atoms with van der Waals surface area (Å²) in [5, 5.41) is 3.65. The van der Waals surface area contributed by atoms with Crippen molar-refractivity contribution >= 4 is 50.7 Å². The summed E-state index contributed by atoms with van der Waals surface area (Å²) in [6.45, 7) is 5.64.